The van der Waals surface area contributed by atoms with Gasteiger partial charge in [0.25, 0.3) is 0 Å². The monoisotopic (exact) mass is 1430 g/mol. The third-order valence-corrected chi connectivity index (χ3v) is 16.9. The van der Waals surface area contributed by atoms with Crippen LogP contribution < -0.4 is 10.2 Å². The Hall–Kier alpha value is -6.59. The molecule has 8 aromatic heterocycles. The van der Waals surface area contributed by atoms with Gasteiger partial charge >= 0.3 is 32.5 Å². The molecule has 0 unspecified atom stereocenters. The van der Waals surface area contributed by atoms with Crippen molar-refractivity contribution < 1.29 is 46.4 Å². The van der Waals surface area contributed by atoms with Crippen LogP contribution in [0.3, 0.4) is 0 Å². The molecule has 0 amide bonds. The third-order valence-electron chi connectivity index (χ3n) is 16.9. The maximum Gasteiger partial charge on any atom is 3.00 e. The molecule has 12 nitrogen and oxygen atoms in total. The van der Waals surface area contributed by atoms with E-state index in [0.717, 1.165) is 70.0 Å². The first kappa shape index (κ1) is 73.5. The van der Waals surface area contributed by atoms with Crippen molar-refractivity contribution in [3.05, 3.63) is 157 Å². The van der Waals surface area contributed by atoms with Crippen molar-refractivity contribution >= 4 is 0 Å². The van der Waals surface area contributed by atoms with Crippen molar-refractivity contribution in [2.75, 3.05) is 0 Å². The molecule has 0 radical (unpaired) electrons. The molecule has 8 heterocycles. The van der Waals surface area contributed by atoms with E-state index in [9.17, 15) is 26.3 Å². The fraction of sp³-hybridized carbons (Fsp3) is 0.528. The first-order valence-electron chi connectivity index (χ1n) is 31.9. The van der Waals surface area contributed by atoms with Crippen LogP contribution in [-0.2, 0) is 54.1 Å². The van der Waals surface area contributed by atoms with E-state index in [1.165, 1.54) is 74.9 Å². The molecule has 490 valence electrons. The summed E-state index contributed by atoms with van der Waals surface area (Å²) in [7, 11) is 0. The largest absolute Gasteiger partial charge is 3.00 e. The van der Waals surface area contributed by atoms with Crippen molar-refractivity contribution in [3.8, 4) is 45.3 Å². The molecule has 4 aliphatic carbocycles. The van der Waals surface area contributed by atoms with Crippen LogP contribution in [-0.4, -0.2) is 50.1 Å². The molecular formula is C72H91F6IrN12. The van der Waals surface area contributed by atoms with Crippen LogP contribution in [0.2, 0.25) is 0 Å². The van der Waals surface area contributed by atoms with E-state index in [2.05, 4.69) is 168 Å². The number of rotatable bonds is 4. The van der Waals surface area contributed by atoms with Crippen molar-refractivity contribution in [1.82, 2.24) is 60.3 Å². The van der Waals surface area contributed by atoms with Gasteiger partial charge in [-0.1, -0.05) is 227 Å². The maximum absolute atomic E-state index is 12.2. The summed E-state index contributed by atoms with van der Waals surface area (Å²) in [5.41, 5.74) is 5.25. The second kappa shape index (κ2) is 32.8. The molecule has 91 heavy (non-hydrogen) atoms. The zero-order valence-corrected chi connectivity index (χ0v) is 57.5. The van der Waals surface area contributed by atoms with Crippen LogP contribution in [0.4, 0.5) is 26.3 Å². The first-order valence-corrected chi connectivity index (χ1v) is 31.9. The second-order valence-electron chi connectivity index (χ2n) is 28.2. The van der Waals surface area contributed by atoms with E-state index in [0.29, 0.717) is 11.4 Å². The van der Waals surface area contributed by atoms with E-state index in [1.807, 2.05) is 37.1 Å². The van der Waals surface area contributed by atoms with Crippen LogP contribution >= 0.6 is 0 Å². The molecule has 12 rings (SSSR count). The molecule has 0 aromatic carbocycles. The van der Waals surface area contributed by atoms with Gasteiger partial charge in [-0.2, -0.15) is 26.3 Å². The summed E-state index contributed by atoms with van der Waals surface area (Å²) in [5, 5.41) is 12.9. The Balaban J connectivity index is 0.000000176. The molecule has 0 atom stereocenters. The van der Waals surface area contributed by atoms with Crippen molar-refractivity contribution in [2.45, 2.75) is 220 Å². The quantitative estimate of drug-likeness (QED) is 0.122. The molecule has 0 saturated heterocycles. The summed E-state index contributed by atoms with van der Waals surface area (Å²) in [6, 6.07) is 19.9. The molecule has 0 bridgehead atoms. The number of hydrogen-bond donors (Lipinski definition) is 0. The minimum atomic E-state index is -4.46. The number of hydrogen-bond acceptors (Lipinski definition) is 10. The molecule has 0 N–H and O–H groups in total. The normalized spacial score (nSPS) is 18.3. The van der Waals surface area contributed by atoms with Crippen molar-refractivity contribution in [1.29, 1.82) is 0 Å². The van der Waals surface area contributed by atoms with E-state index in [-0.39, 0.29) is 53.2 Å². The number of aromatic nitrogens is 12. The minimum Gasteiger partial charge on any atom is -0.573 e. The Bertz CT molecular complexity index is 3120. The average molecular weight is 1430 g/mol. The second-order valence-corrected chi connectivity index (χ2v) is 28.2. The van der Waals surface area contributed by atoms with E-state index >= 15 is 0 Å². The third kappa shape index (κ3) is 22.9. The van der Waals surface area contributed by atoms with Gasteiger partial charge < -0.3 is 35.3 Å². The predicted molar refractivity (Wildman–Crippen MR) is 344 cm³/mol. The van der Waals surface area contributed by atoms with Gasteiger partial charge in [0.1, 0.15) is 17.2 Å². The first-order chi connectivity index (χ1) is 42.4. The van der Waals surface area contributed by atoms with Crippen LogP contribution in [0.5, 0.6) is 0 Å². The van der Waals surface area contributed by atoms with Crippen LogP contribution in [0.25, 0.3) is 45.3 Å². The summed E-state index contributed by atoms with van der Waals surface area (Å²) >= 11 is 0. The standard InChI is InChI=1S/C17H23N3.C17H22N3.2C10H18.2C9H5F3N3.Ir/c2*1-16(2,3)13-7-8-18-14(9-13)12-10-19-15(20-11-12)17(4,5)6;2*1-2-6-10-8-4-3-7-9(10)5-1;2*10-9(11,12)8-5-7(14-15-8)6-3-1-2-4-13-6;/h7-11H,1-6H3;7-10H,1-6H3;2*9-10H,1-8H2;2*1-5H;/q;-1;;;2*-1;+3. The molecule has 8 aromatic rings. The molecule has 4 fully saturated rings. The topological polar surface area (TPSA) is 157 Å². The van der Waals surface area contributed by atoms with Gasteiger partial charge in [-0.15, -0.1) is 0 Å². The Kier molecular flexibility index (Phi) is 26.5. The maximum atomic E-state index is 12.2. The summed E-state index contributed by atoms with van der Waals surface area (Å²) in [4.78, 5) is 34.3. The van der Waals surface area contributed by atoms with Gasteiger partial charge in [0, 0.05) is 65.4 Å². The Morgan fingerprint density at radius 2 is 0.736 bits per heavy atom. The Labute approximate surface area is 549 Å². The summed E-state index contributed by atoms with van der Waals surface area (Å²) in [6.45, 7) is 25.8. The molecule has 4 aliphatic rings. The Morgan fingerprint density at radius 1 is 0.385 bits per heavy atom. The summed E-state index contributed by atoms with van der Waals surface area (Å²) < 4.78 is 73.2. The summed E-state index contributed by atoms with van der Waals surface area (Å²) in [5.74, 6) is 6.27. The zero-order chi connectivity index (χ0) is 65.3. The van der Waals surface area contributed by atoms with Gasteiger partial charge in [-0.25, -0.2) is 9.97 Å². The number of halogens is 6. The van der Waals surface area contributed by atoms with Crippen molar-refractivity contribution in [2.24, 2.45) is 23.7 Å². The van der Waals surface area contributed by atoms with Gasteiger partial charge in [-0.05, 0) is 118 Å². The smallest absolute Gasteiger partial charge is 0.573 e. The van der Waals surface area contributed by atoms with Gasteiger partial charge in [0.15, 0.2) is 0 Å². The van der Waals surface area contributed by atoms with E-state index in [1.54, 1.807) is 87.8 Å². The number of nitrogens with zero attached hydrogens (tertiary/aromatic N) is 12. The van der Waals surface area contributed by atoms with Crippen LogP contribution in [0.15, 0.2) is 116 Å². The van der Waals surface area contributed by atoms with Gasteiger partial charge in [0.05, 0.1) is 5.69 Å². The summed E-state index contributed by atoms with van der Waals surface area (Å²) in [6.07, 6.45) is 31.1. The van der Waals surface area contributed by atoms with Crippen LogP contribution in [0.1, 0.15) is 220 Å². The molecule has 19 heteroatoms. The average Bonchev–Trinajstić information content (AvgIpc) is 1.32. The van der Waals surface area contributed by atoms with Crippen molar-refractivity contribution in [3.63, 3.8) is 0 Å². The zero-order valence-electron chi connectivity index (χ0n) is 55.1. The molecule has 0 aliphatic heterocycles. The Morgan fingerprint density at radius 3 is 1.04 bits per heavy atom. The predicted octanol–water partition coefficient (Wildman–Crippen LogP) is 19.0. The van der Waals surface area contributed by atoms with Gasteiger partial charge in [0.2, 0.25) is 0 Å². The van der Waals surface area contributed by atoms with E-state index in [4.69, 9.17) is 0 Å². The number of fused-ring (bicyclic) bond motifs is 2. The number of pyridine rings is 4. The molecule has 0 spiro atoms. The SMILES string of the molecule is C1CCC2CCCCC2C1.C1CCC2CCCCC2C1.CC(C)(C)c1ccnc(-c2[c-]nc(C(C)(C)C)nc2)c1.CC(C)(C)c1ccnc(-c2cnc(C(C)(C)C)nc2)c1.FC(F)(F)c1cc(-c2ccccn2)[n-]n1.FC(F)(F)c1cc(-c2ccccn2)[n-]n1.[Ir+3]. The number of alkyl halides is 6. The molecule has 4 saturated carbocycles. The van der Waals surface area contributed by atoms with Crippen LogP contribution in [0, 0.1) is 29.9 Å². The molecular weight excluding hydrogens is 1340 g/mol. The fourth-order valence-corrected chi connectivity index (χ4v) is 11.6. The van der Waals surface area contributed by atoms with Gasteiger partial charge in [-0.3, -0.25) is 15.0 Å². The van der Waals surface area contributed by atoms with E-state index < -0.39 is 23.7 Å². The fourth-order valence-electron chi connectivity index (χ4n) is 11.6. The minimum absolute atomic E-state index is 0.